The van der Waals surface area contributed by atoms with E-state index in [1.807, 2.05) is 24.7 Å². The zero-order chi connectivity index (χ0) is 15.4. The Labute approximate surface area is 130 Å². The van der Waals surface area contributed by atoms with Crippen molar-refractivity contribution in [3.63, 3.8) is 0 Å². The molecule has 1 N–H and O–H groups in total. The molecule has 1 aliphatic rings. The van der Waals surface area contributed by atoms with Crippen LogP contribution >= 0.6 is 0 Å². The minimum atomic E-state index is 0.0486. The molecule has 0 spiro atoms. The molecule has 1 atom stereocenters. The molecule has 3 heterocycles. The number of fused-ring (bicyclic) bond motifs is 1. The van der Waals surface area contributed by atoms with Crippen LogP contribution in [0.25, 0.3) is 5.52 Å². The van der Waals surface area contributed by atoms with Crippen molar-refractivity contribution < 1.29 is 9.53 Å². The van der Waals surface area contributed by atoms with Crippen molar-refractivity contribution in [1.82, 2.24) is 19.6 Å². The van der Waals surface area contributed by atoms with Crippen LogP contribution in [0, 0.1) is 5.92 Å². The van der Waals surface area contributed by atoms with Gasteiger partial charge in [0.25, 0.3) is 0 Å². The highest BCUT2D eigenvalue weighted by molar-refractivity contribution is 5.77. The molecular weight excluding hydrogens is 280 g/mol. The molecule has 3 rings (SSSR count). The van der Waals surface area contributed by atoms with Crippen LogP contribution in [0.5, 0.6) is 0 Å². The van der Waals surface area contributed by atoms with Gasteiger partial charge in [0.05, 0.1) is 31.0 Å². The quantitative estimate of drug-likeness (QED) is 0.897. The van der Waals surface area contributed by atoms with E-state index in [1.54, 1.807) is 7.05 Å². The Morgan fingerprint density at radius 1 is 1.50 bits per heavy atom. The Morgan fingerprint density at radius 3 is 3.27 bits per heavy atom. The average Bonchev–Trinajstić information content (AvgIpc) is 2.90. The number of rotatable bonds is 4. The molecule has 2 aromatic heterocycles. The van der Waals surface area contributed by atoms with E-state index in [9.17, 15) is 4.79 Å². The van der Waals surface area contributed by atoms with Crippen molar-refractivity contribution in [2.45, 2.75) is 6.42 Å². The van der Waals surface area contributed by atoms with Gasteiger partial charge in [-0.3, -0.25) is 14.7 Å². The normalized spacial score (nSPS) is 20.0. The lowest BCUT2D eigenvalue weighted by atomic mass is 10.0. The molecule has 0 unspecified atom stereocenters. The predicted octanol–water partition coefficient (Wildman–Crippen LogP) is 0.571. The molecule has 0 radical (unpaired) electrons. The molecule has 0 bridgehead atoms. The first-order chi connectivity index (χ1) is 10.8. The lowest BCUT2D eigenvalue weighted by Gasteiger charge is -2.22. The minimum absolute atomic E-state index is 0.0486. The molecule has 1 saturated heterocycles. The molecule has 22 heavy (non-hydrogen) atoms. The van der Waals surface area contributed by atoms with Crippen molar-refractivity contribution in [3.05, 3.63) is 36.4 Å². The first-order valence-corrected chi connectivity index (χ1v) is 7.67. The molecule has 118 valence electrons. The Balaban J connectivity index is 1.70. The number of ether oxygens (including phenoxy) is 1. The lowest BCUT2D eigenvalue weighted by Crippen LogP contribution is -2.39. The van der Waals surface area contributed by atoms with Gasteiger partial charge in [-0.25, -0.2) is 0 Å². The maximum atomic E-state index is 11.6. The molecule has 0 saturated carbocycles. The number of aromatic nitrogens is 2. The second kappa shape index (κ2) is 6.89. The van der Waals surface area contributed by atoms with Gasteiger partial charge in [-0.1, -0.05) is 0 Å². The zero-order valence-corrected chi connectivity index (χ0v) is 12.9. The van der Waals surface area contributed by atoms with E-state index in [2.05, 4.69) is 25.7 Å². The largest absolute Gasteiger partial charge is 0.380 e. The third-order valence-electron chi connectivity index (χ3n) is 4.08. The summed E-state index contributed by atoms with van der Waals surface area (Å²) in [5.41, 5.74) is 2.23. The van der Waals surface area contributed by atoms with Crippen LogP contribution in [0.4, 0.5) is 0 Å². The second-order valence-electron chi connectivity index (χ2n) is 5.73. The fourth-order valence-corrected chi connectivity index (χ4v) is 2.96. The van der Waals surface area contributed by atoms with Crippen molar-refractivity contribution in [3.8, 4) is 0 Å². The predicted molar refractivity (Wildman–Crippen MR) is 83.7 cm³/mol. The molecule has 6 heteroatoms. The number of carbonyl (C=O) groups excluding carboxylic acids is 1. The molecule has 2 aromatic rings. The molecule has 1 fully saturated rings. The molecular formula is C16H22N4O2. The van der Waals surface area contributed by atoms with E-state index >= 15 is 0 Å². The summed E-state index contributed by atoms with van der Waals surface area (Å²) in [6.07, 6.45) is 6.68. The fourth-order valence-electron chi connectivity index (χ4n) is 2.96. The summed E-state index contributed by atoms with van der Waals surface area (Å²) < 4.78 is 7.80. The van der Waals surface area contributed by atoms with Gasteiger partial charge in [0.2, 0.25) is 5.91 Å². The van der Waals surface area contributed by atoms with Gasteiger partial charge in [0, 0.05) is 44.6 Å². The van der Waals surface area contributed by atoms with E-state index < -0.39 is 0 Å². The fraction of sp³-hybridized carbons (Fsp3) is 0.500. The summed E-state index contributed by atoms with van der Waals surface area (Å²) in [4.78, 5) is 18.3. The number of hydrogen-bond acceptors (Lipinski definition) is 4. The van der Waals surface area contributed by atoms with Gasteiger partial charge in [0.15, 0.2) is 0 Å². The highest BCUT2D eigenvalue weighted by atomic mass is 16.5. The first kappa shape index (κ1) is 15.0. The third-order valence-corrected chi connectivity index (χ3v) is 4.08. The molecule has 0 aliphatic carbocycles. The average molecular weight is 302 g/mol. The third kappa shape index (κ3) is 3.45. The minimum Gasteiger partial charge on any atom is -0.380 e. The summed E-state index contributed by atoms with van der Waals surface area (Å²) in [5, 5.41) is 2.68. The van der Waals surface area contributed by atoms with E-state index in [0.29, 0.717) is 25.7 Å². The number of likely N-dealkylation sites (N-methyl/N-ethyl adjacent to an activating group) is 1. The molecule has 1 aliphatic heterocycles. The van der Waals surface area contributed by atoms with E-state index in [0.717, 1.165) is 30.7 Å². The van der Waals surface area contributed by atoms with E-state index in [1.165, 1.54) is 0 Å². The maximum absolute atomic E-state index is 11.6. The maximum Gasteiger partial charge on any atom is 0.233 e. The summed E-state index contributed by atoms with van der Waals surface area (Å²) in [5.74, 6) is 0.397. The van der Waals surface area contributed by atoms with Crippen LogP contribution in [0.2, 0.25) is 0 Å². The number of hydrogen-bond donors (Lipinski definition) is 1. The van der Waals surface area contributed by atoms with E-state index in [4.69, 9.17) is 4.74 Å². The summed E-state index contributed by atoms with van der Waals surface area (Å²) in [7, 11) is 1.67. The van der Waals surface area contributed by atoms with Crippen LogP contribution < -0.4 is 5.32 Å². The van der Waals surface area contributed by atoms with Gasteiger partial charge in [-0.15, -0.1) is 0 Å². The number of carbonyl (C=O) groups is 1. The van der Waals surface area contributed by atoms with Crippen LogP contribution in [0.3, 0.4) is 0 Å². The zero-order valence-electron chi connectivity index (χ0n) is 12.9. The van der Waals surface area contributed by atoms with E-state index in [-0.39, 0.29) is 5.91 Å². The molecule has 1 amide bonds. The number of amides is 1. The monoisotopic (exact) mass is 302 g/mol. The van der Waals surface area contributed by atoms with Crippen LogP contribution in [-0.4, -0.2) is 60.1 Å². The van der Waals surface area contributed by atoms with Crippen LogP contribution in [0.1, 0.15) is 5.69 Å². The molecule has 6 nitrogen and oxygen atoms in total. The van der Waals surface area contributed by atoms with Gasteiger partial charge in [0.1, 0.15) is 0 Å². The number of nitrogens with one attached hydrogen (secondary N) is 1. The highest BCUT2D eigenvalue weighted by Gasteiger charge is 2.21. The van der Waals surface area contributed by atoms with Gasteiger partial charge < -0.3 is 14.5 Å². The summed E-state index contributed by atoms with van der Waals surface area (Å²) >= 11 is 0. The van der Waals surface area contributed by atoms with Crippen molar-refractivity contribution in [2.24, 2.45) is 5.92 Å². The van der Waals surface area contributed by atoms with Crippen LogP contribution in [0.15, 0.2) is 30.7 Å². The highest BCUT2D eigenvalue weighted by Crippen LogP contribution is 2.16. The Bertz CT molecular complexity index is 640. The SMILES string of the molecule is CNC(=O)CN1CCOC[C@@H](Cc2nccn3cccc23)C1. The lowest BCUT2D eigenvalue weighted by molar-refractivity contribution is -0.121. The number of nitrogens with zero attached hydrogens (tertiary/aromatic N) is 3. The standard InChI is InChI=1S/C16H22N4O2/c1-17-16(21)11-19-7-8-22-12-13(10-19)9-14-15-3-2-5-20(15)6-4-18-14/h2-6,13H,7-12H2,1H3,(H,17,21)/t13-/m0/s1. The Morgan fingerprint density at radius 2 is 2.41 bits per heavy atom. The smallest absolute Gasteiger partial charge is 0.233 e. The topological polar surface area (TPSA) is 58.9 Å². The Hall–Kier alpha value is -1.92. The summed E-state index contributed by atoms with van der Waals surface area (Å²) in [6, 6.07) is 4.12. The van der Waals surface area contributed by atoms with Crippen LogP contribution in [-0.2, 0) is 16.0 Å². The van der Waals surface area contributed by atoms with Crippen molar-refractivity contribution >= 4 is 11.4 Å². The summed E-state index contributed by atoms with van der Waals surface area (Å²) in [6.45, 7) is 3.48. The van der Waals surface area contributed by atoms with Crippen molar-refractivity contribution in [2.75, 3.05) is 39.9 Å². The van der Waals surface area contributed by atoms with Gasteiger partial charge >= 0.3 is 0 Å². The van der Waals surface area contributed by atoms with Crippen molar-refractivity contribution in [1.29, 1.82) is 0 Å². The first-order valence-electron chi connectivity index (χ1n) is 7.67. The second-order valence-corrected chi connectivity index (χ2v) is 5.73. The van der Waals surface area contributed by atoms with Gasteiger partial charge in [-0.05, 0) is 18.6 Å². The Kier molecular flexibility index (Phi) is 4.70. The molecule has 0 aromatic carbocycles. The van der Waals surface area contributed by atoms with Gasteiger partial charge in [-0.2, -0.15) is 0 Å².